The fourth-order valence-electron chi connectivity index (χ4n) is 2.26. The van der Waals surface area contributed by atoms with Crippen molar-refractivity contribution in [3.63, 3.8) is 0 Å². The van der Waals surface area contributed by atoms with Gasteiger partial charge in [-0.05, 0) is 67.8 Å². The lowest BCUT2D eigenvalue weighted by Gasteiger charge is -2.14. The lowest BCUT2D eigenvalue weighted by Crippen LogP contribution is -2.16. The number of hydrogen-bond acceptors (Lipinski definition) is 2. The van der Waals surface area contributed by atoms with Crippen LogP contribution < -0.4 is 4.72 Å². The van der Waals surface area contributed by atoms with Crippen LogP contribution in [-0.4, -0.2) is 8.42 Å². The second kappa shape index (κ2) is 5.44. The maximum Gasteiger partial charge on any atom is 0.262 e. The molecule has 2 rings (SSSR count). The van der Waals surface area contributed by atoms with Crippen molar-refractivity contribution in [1.82, 2.24) is 0 Å². The van der Waals surface area contributed by atoms with Crippen molar-refractivity contribution in [3.8, 4) is 0 Å². The summed E-state index contributed by atoms with van der Waals surface area (Å²) in [5, 5.41) is 0. The lowest BCUT2D eigenvalue weighted by molar-refractivity contribution is 0.597. The molecular weight excluding hydrogens is 296 g/mol. The Bertz CT molecular complexity index is 778. The van der Waals surface area contributed by atoms with Crippen LogP contribution in [0.4, 0.5) is 14.5 Å². The van der Waals surface area contributed by atoms with Gasteiger partial charge in [-0.15, -0.1) is 0 Å². The summed E-state index contributed by atoms with van der Waals surface area (Å²) in [6.07, 6.45) is 0. The third-order valence-corrected chi connectivity index (χ3v) is 4.80. The summed E-state index contributed by atoms with van der Waals surface area (Å²) in [6.45, 7) is 4.66. The SMILES string of the molecule is Cc1cc(F)ccc1NS(=O)(=O)c1c(C)cc(F)cc1C. The molecule has 0 heterocycles. The molecule has 1 N–H and O–H groups in total. The van der Waals surface area contributed by atoms with Gasteiger partial charge in [0.1, 0.15) is 11.6 Å². The van der Waals surface area contributed by atoms with Gasteiger partial charge >= 0.3 is 0 Å². The number of nitrogens with one attached hydrogen (secondary N) is 1. The summed E-state index contributed by atoms with van der Waals surface area (Å²) in [6, 6.07) is 6.10. The smallest absolute Gasteiger partial charge is 0.262 e. The van der Waals surface area contributed by atoms with Crippen LogP contribution in [0.3, 0.4) is 0 Å². The van der Waals surface area contributed by atoms with E-state index in [-0.39, 0.29) is 4.90 Å². The van der Waals surface area contributed by atoms with E-state index in [0.717, 1.165) is 0 Å². The third kappa shape index (κ3) is 3.21. The zero-order valence-corrected chi connectivity index (χ0v) is 12.7. The highest BCUT2D eigenvalue weighted by molar-refractivity contribution is 7.92. The molecule has 0 amide bonds. The minimum atomic E-state index is -3.87. The molecule has 0 aliphatic heterocycles. The van der Waals surface area contributed by atoms with E-state index in [1.165, 1.54) is 44.2 Å². The Balaban J connectivity index is 2.48. The van der Waals surface area contributed by atoms with E-state index >= 15 is 0 Å². The van der Waals surface area contributed by atoms with Crippen molar-refractivity contribution in [2.45, 2.75) is 25.7 Å². The van der Waals surface area contributed by atoms with Crippen LogP contribution in [0.5, 0.6) is 0 Å². The Hall–Kier alpha value is -1.95. The normalized spacial score (nSPS) is 11.5. The Morgan fingerprint density at radius 3 is 1.90 bits per heavy atom. The number of rotatable bonds is 3. The van der Waals surface area contributed by atoms with E-state index in [1.807, 2.05) is 0 Å². The topological polar surface area (TPSA) is 46.2 Å². The Labute approximate surface area is 122 Å². The second-order valence-corrected chi connectivity index (χ2v) is 6.55. The van der Waals surface area contributed by atoms with Crippen LogP contribution in [0.15, 0.2) is 35.2 Å². The van der Waals surface area contributed by atoms with E-state index in [0.29, 0.717) is 22.4 Å². The summed E-state index contributed by atoms with van der Waals surface area (Å²) in [4.78, 5) is 0.0348. The maximum atomic E-state index is 13.3. The molecular formula is C15H15F2NO2S. The molecule has 112 valence electrons. The summed E-state index contributed by atoms with van der Waals surface area (Å²) in [5.41, 5.74) is 1.40. The zero-order valence-electron chi connectivity index (χ0n) is 11.9. The molecule has 0 saturated carbocycles. The van der Waals surface area contributed by atoms with Crippen molar-refractivity contribution in [2.24, 2.45) is 0 Å². The Morgan fingerprint density at radius 2 is 1.38 bits per heavy atom. The van der Waals surface area contributed by atoms with Gasteiger partial charge in [-0.3, -0.25) is 4.72 Å². The molecule has 0 aromatic heterocycles. The number of anilines is 1. The molecule has 3 nitrogen and oxygen atoms in total. The Kier molecular flexibility index (Phi) is 4.00. The van der Waals surface area contributed by atoms with Gasteiger partial charge < -0.3 is 0 Å². The van der Waals surface area contributed by atoms with E-state index < -0.39 is 21.7 Å². The average molecular weight is 311 g/mol. The van der Waals surface area contributed by atoms with Crippen LogP contribution >= 0.6 is 0 Å². The third-order valence-electron chi connectivity index (χ3n) is 3.13. The van der Waals surface area contributed by atoms with Crippen molar-refractivity contribution >= 4 is 15.7 Å². The molecule has 2 aromatic carbocycles. The number of sulfonamides is 1. The first-order chi connectivity index (χ1) is 9.70. The average Bonchev–Trinajstić information content (AvgIpc) is 2.30. The lowest BCUT2D eigenvalue weighted by atomic mass is 10.1. The first-order valence-corrected chi connectivity index (χ1v) is 7.75. The number of hydrogen-bond donors (Lipinski definition) is 1. The number of aryl methyl sites for hydroxylation is 3. The van der Waals surface area contributed by atoms with Gasteiger partial charge in [0, 0.05) is 0 Å². The highest BCUT2D eigenvalue weighted by atomic mass is 32.2. The summed E-state index contributed by atoms with van der Waals surface area (Å²) in [7, 11) is -3.87. The monoisotopic (exact) mass is 311 g/mol. The summed E-state index contributed by atoms with van der Waals surface area (Å²) < 4.78 is 53.7. The van der Waals surface area contributed by atoms with Crippen molar-refractivity contribution in [2.75, 3.05) is 4.72 Å². The van der Waals surface area contributed by atoms with Crippen LogP contribution in [0.25, 0.3) is 0 Å². The van der Waals surface area contributed by atoms with E-state index in [9.17, 15) is 17.2 Å². The molecule has 0 radical (unpaired) electrons. The van der Waals surface area contributed by atoms with Gasteiger partial charge in [0.15, 0.2) is 0 Å². The molecule has 0 spiro atoms. The van der Waals surface area contributed by atoms with Crippen molar-refractivity contribution in [3.05, 3.63) is 58.7 Å². The standard InChI is InChI=1S/C15H15F2NO2S/c1-9-6-12(16)4-5-14(9)18-21(19,20)15-10(2)7-13(17)8-11(15)3/h4-8,18H,1-3H3. The fourth-order valence-corrected chi connectivity index (χ4v) is 3.84. The van der Waals surface area contributed by atoms with E-state index in [1.54, 1.807) is 6.92 Å². The van der Waals surface area contributed by atoms with Gasteiger partial charge in [-0.25, -0.2) is 17.2 Å². The highest BCUT2D eigenvalue weighted by Gasteiger charge is 2.21. The zero-order chi connectivity index (χ0) is 15.8. The van der Waals surface area contributed by atoms with Gasteiger partial charge in [-0.2, -0.15) is 0 Å². The van der Waals surface area contributed by atoms with Gasteiger partial charge in [-0.1, -0.05) is 0 Å². The molecule has 0 atom stereocenters. The van der Waals surface area contributed by atoms with Crippen LogP contribution in [0, 0.1) is 32.4 Å². The van der Waals surface area contributed by atoms with Crippen LogP contribution in [-0.2, 0) is 10.0 Å². The van der Waals surface area contributed by atoms with Gasteiger partial charge in [0.05, 0.1) is 10.6 Å². The van der Waals surface area contributed by atoms with Gasteiger partial charge in [0.25, 0.3) is 10.0 Å². The maximum absolute atomic E-state index is 13.3. The molecule has 0 fully saturated rings. The molecule has 21 heavy (non-hydrogen) atoms. The second-order valence-electron chi connectivity index (χ2n) is 4.93. The first kappa shape index (κ1) is 15.4. The largest absolute Gasteiger partial charge is 0.279 e. The number of halogens is 2. The molecule has 0 saturated heterocycles. The molecule has 0 aliphatic rings. The minimum absolute atomic E-state index is 0.0348. The van der Waals surface area contributed by atoms with Crippen molar-refractivity contribution < 1.29 is 17.2 Å². The number of benzene rings is 2. The van der Waals surface area contributed by atoms with E-state index in [2.05, 4.69) is 4.72 Å². The predicted molar refractivity (Wildman–Crippen MR) is 77.8 cm³/mol. The van der Waals surface area contributed by atoms with Crippen LogP contribution in [0.1, 0.15) is 16.7 Å². The predicted octanol–water partition coefficient (Wildman–Crippen LogP) is 3.69. The fraction of sp³-hybridized carbons (Fsp3) is 0.200. The van der Waals surface area contributed by atoms with Crippen molar-refractivity contribution in [1.29, 1.82) is 0 Å². The van der Waals surface area contributed by atoms with Gasteiger partial charge in [0.2, 0.25) is 0 Å². The highest BCUT2D eigenvalue weighted by Crippen LogP contribution is 2.25. The van der Waals surface area contributed by atoms with Crippen LogP contribution in [0.2, 0.25) is 0 Å². The molecule has 0 aliphatic carbocycles. The molecule has 0 unspecified atom stereocenters. The quantitative estimate of drug-likeness (QED) is 0.939. The molecule has 2 aromatic rings. The minimum Gasteiger partial charge on any atom is -0.279 e. The van der Waals surface area contributed by atoms with E-state index in [4.69, 9.17) is 0 Å². The molecule has 0 bridgehead atoms. The summed E-state index contributed by atoms with van der Waals surface area (Å²) >= 11 is 0. The Morgan fingerprint density at radius 1 is 0.857 bits per heavy atom. The molecule has 6 heteroatoms. The summed E-state index contributed by atoms with van der Waals surface area (Å²) in [5.74, 6) is -0.925. The first-order valence-electron chi connectivity index (χ1n) is 6.26.